The first kappa shape index (κ1) is 15.7. The molecule has 0 saturated heterocycles. The number of hydrogen-bond acceptors (Lipinski definition) is 6. The molecule has 0 heterocycles. The van der Waals surface area contributed by atoms with Gasteiger partial charge in [-0.1, -0.05) is 0 Å². The van der Waals surface area contributed by atoms with Crippen molar-refractivity contribution in [2.45, 2.75) is 29.9 Å². The lowest BCUT2D eigenvalue weighted by molar-refractivity contribution is 0.0236. The molecule has 0 spiro atoms. The zero-order chi connectivity index (χ0) is 15.6. The zero-order valence-corrected chi connectivity index (χ0v) is 12.6. The molecule has 116 valence electrons. The van der Waals surface area contributed by atoms with Gasteiger partial charge in [-0.3, -0.25) is 0 Å². The van der Waals surface area contributed by atoms with Crippen LogP contribution in [0.5, 0.6) is 0 Å². The summed E-state index contributed by atoms with van der Waals surface area (Å²) in [5.41, 5.74) is 5.95. The van der Waals surface area contributed by atoms with E-state index in [2.05, 4.69) is 9.46 Å². The van der Waals surface area contributed by atoms with Crippen molar-refractivity contribution in [2.75, 3.05) is 20.0 Å². The van der Waals surface area contributed by atoms with Crippen LogP contribution in [0, 0.1) is 0 Å². The molecule has 1 aromatic rings. The standard InChI is InChI=1S/C13H18N2O5S/c1-19-10-6-9(7-10)15-21(17,18)12-4-3-8(5-11(12)14)13(16)20-2/h3-5,9-10,15H,6-7,14H2,1-2H3. The van der Waals surface area contributed by atoms with Crippen molar-refractivity contribution >= 4 is 21.7 Å². The molecule has 3 N–H and O–H groups in total. The van der Waals surface area contributed by atoms with E-state index in [-0.39, 0.29) is 28.3 Å². The van der Waals surface area contributed by atoms with Crippen LogP contribution in [0.15, 0.2) is 23.1 Å². The van der Waals surface area contributed by atoms with E-state index in [1.54, 1.807) is 7.11 Å². The van der Waals surface area contributed by atoms with Gasteiger partial charge in [-0.15, -0.1) is 0 Å². The summed E-state index contributed by atoms with van der Waals surface area (Å²) >= 11 is 0. The fourth-order valence-electron chi connectivity index (χ4n) is 2.18. The normalized spacial score (nSPS) is 21.6. The zero-order valence-electron chi connectivity index (χ0n) is 11.8. The second kappa shape index (κ2) is 6.00. The van der Waals surface area contributed by atoms with Crippen LogP contribution in [0.1, 0.15) is 23.2 Å². The number of carbonyl (C=O) groups is 1. The summed E-state index contributed by atoms with van der Waals surface area (Å²) in [6, 6.07) is 3.81. The number of nitrogens with one attached hydrogen (secondary N) is 1. The van der Waals surface area contributed by atoms with Gasteiger partial charge in [0.15, 0.2) is 0 Å². The smallest absolute Gasteiger partial charge is 0.337 e. The number of ether oxygens (including phenoxy) is 2. The Kier molecular flexibility index (Phi) is 4.50. The SMILES string of the molecule is COC(=O)c1ccc(S(=O)(=O)NC2CC(OC)C2)c(N)c1. The Morgan fingerprint density at radius 1 is 1.33 bits per heavy atom. The lowest BCUT2D eigenvalue weighted by Crippen LogP contribution is -2.47. The number of anilines is 1. The first-order valence-electron chi connectivity index (χ1n) is 6.40. The van der Waals surface area contributed by atoms with E-state index in [1.807, 2.05) is 0 Å². The number of hydrogen-bond donors (Lipinski definition) is 2. The molecule has 0 bridgehead atoms. The van der Waals surface area contributed by atoms with Gasteiger partial charge in [-0.25, -0.2) is 17.9 Å². The highest BCUT2D eigenvalue weighted by Gasteiger charge is 2.33. The minimum Gasteiger partial charge on any atom is -0.465 e. The maximum atomic E-state index is 12.3. The van der Waals surface area contributed by atoms with E-state index in [4.69, 9.17) is 10.5 Å². The summed E-state index contributed by atoms with van der Waals surface area (Å²) < 4.78 is 36.7. The van der Waals surface area contributed by atoms with Crippen LogP contribution in [0.4, 0.5) is 5.69 Å². The third kappa shape index (κ3) is 3.34. The number of benzene rings is 1. The van der Waals surface area contributed by atoms with Crippen molar-refractivity contribution in [3.63, 3.8) is 0 Å². The fraction of sp³-hybridized carbons (Fsp3) is 0.462. The van der Waals surface area contributed by atoms with Crippen molar-refractivity contribution < 1.29 is 22.7 Å². The average molecular weight is 314 g/mol. The number of carbonyl (C=O) groups excluding carboxylic acids is 1. The molecule has 0 atom stereocenters. The summed E-state index contributed by atoms with van der Waals surface area (Å²) in [6.07, 6.45) is 1.36. The van der Waals surface area contributed by atoms with Crippen molar-refractivity contribution in [2.24, 2.45) is 0 Å². The average Bonchev–Trinajstić information content (AvgIpc) is 2.40. The highest BCUT2D eigenvalue weighted by atomic mass is 32.2. The second-order valence-corrected chi connectivity index (χ2v) is 6.57. The molecule has 0 aliphatic heterocycles. The van der Waals surface area contributed by atoms with Gasteiger partial charge in [0, 0.05) is 13.2 Å². The van der Waals surface area contributed by atoms with E-state index in [9.17, 15) is 13.2 Å². The van der Waals surface area contributed by atoms with Gasteiger partial charge >= 0.3 is 5.97 Å². The summed E-state index contributed by atoms with van der Waals surface area (Å²) in [5, 5.41) is 0. The molecule has 1 aromatic carbocycles. The monoisotopic (exact) mass is 314 g/mol. The molecule has 8 heteroatoms. The molecular weight excluding hydrogens is 296 g/mol. The predicted molar refractivity (Wildman–Crippen MR) is 76.3 cm³/mol. The minimum absolute atomic E-state index is 0.00742. The largest absolute Gasteiger partial charge is 0.465 e. The lowest BCUT2D eigenvalue weighted by atomic mass is 9.90. The predicted octanol–water partition coefficient (Wildman–Crippen LogP) is 0.511. The summed E-state index contributed by atoms with van der Waals surface area (Å²) in [4.78, 5) is 11.3. The molecule has 1 saturated carbocycles. The fourth-order valence-corrected chi connectivity index (χ4v) is 3.55. The van der Waals surface area contributed by atoms with Gasteiger partial charge in [0.2, 0.25) is 10.0 Å². The quantitative estimate of drug-likeness (QED) is 0.605. The first-order chi connectivity index (χ1) is 9.87. The van der Waals surface area contributed by atoms with Gasteiger partial charge in [-0.2, -0.15) is 0 Å². The highest BCUT2D eigenvalue weighted by Crippen LogP contribution is 2.26. The Morgan fingerprint density at radius 2 is 2.00 bits per heavy atom. The Balaban J connectivity index is 2.15. The first-order valence-corrected chi connectivity index (χ1v) is 7.88. The van der Waals surface area contributed by atoms with Crippen molar-refractivity contribution in [3.8, 4) is 0 Å². The van der Waals surface area contributed by atoms with Crippen molar-refractivity contribution in [1.29, 1.82) is 0 Å². The Hall–Kier alpha value is -1.64. The van der Waals surface area contributed by atoms with Crippen LogP contribution in [0.3, 0.4) is 0 Å². The Labute approximate surface area is 123 Å². The molecule has 1 fully saturated rings. The Bertz CT molecular complexity index is 638. The van der Waals surface area contributed by atoms with E-state index >= 15 is 0 Å². The lowest BCUT2D eigenvalue weighted by Gasteiger charge is -2.34. The molecule has 7 nitrogen and oxygen atoms in total. The van der Waals surface area contributed by atoms with Gasteiger partial charge in [0.25, 0.3) is 0 Å². The van der Waals surface area contributed by atoms with Gasteiger partial charge in [0.1, 0.15) is 4.90 Å². The molecular formula is C13H18N2O5S. The van der Waals surface area contributed by atoms with Crippen LogP contribution in [0.25, 0.3) is 0 Å². The number of rotatable bonds is 5. The highest BCUT2D eigenvalue weighted by molar-refractivity contribution is 7.89. The number of nitrogens with two attached hydrogens (primary N) is 1. The number of esters is 1. The maximum Gasteiger partial charge on any atom is 0.337 e. The van der Waals surface area contributed by atoms with Crippen LogP contribution >= 0.6 is 0 Å². The molecule has 1 aliphatic rings. The van der Waals surface area contributed by atoms with Crippen molar-refractivity contribution in [1.82, 2.24) is 4.72 Å². The van der Waals surface area contributed by atoms with Crippen molar-refractivity contribution in [3.05, 3.63) is 23.8 Å². The minimum atomic E-state index is -3.71. The summed E-state index contributed by atoms with van der Waals surface area (Å²) in [6.45, 7) is 0. The molecule has 0 radical (unpaired) electrons. The molecule has 0 aromatic heterocycles. The van der Waals surface area contributed by atoms with Gasteiger partial charge in [0.05, 0.1) is 24.5 Å². The topological polar surface area (TPSA) is 108 Å². The van der Waals surface area contributed by atoms with Crippen LogP contribution in [-0.4, -0.2) is 40.8 Å². The van der Waals surface area contributed by atoms with E-state index in [0.29, 0.717) is 12.8 Å². The molecule has 0 amide bonds. The van der Waals surface area contributed by atoms with Crippen LogP contribution in [0.2, 0.25) is 0 Å². The van der Waals surface area contributed by atoms with Crippen LogP contribution in [-0.2, 0) is 19.5 Å². The van der Waals surface area contributed by atoms with Crippen LogP contribution < -0.4 is 10.5 Å². The Morgan fingerprint density at radius 3 is 2.52 bits per heavy atom. The molecule has 2 rings (SSSR count). The molecule has 21 heavy (non-hydrogen) atoms. The number of methoxy groups -OCH3 is 2. The third-order valence-corrected chi connectivity index (χ3v) is 5.06. The summed E-state index contributed by atoms with van der Waals surface area (Å²) in [7, 11) is -0.875. The number of nitrogen functional groups attached to an aromatic ring is 1. The third-order valence-electron chi connectivity index (χ3n) is 3.47. The van der Waals surface area contributed by atoms with Gasteiger partial charge in [-0.05, 0) is 31.0 Å². The molecule has 0 unspecified atom stereocenters. The second-order valence-electron chi connectivity index (χ2n) is 4.89. The van der Waals surface area contributed by atoms with Gasteiger partial charge < -0.3 is 15.2 Å². The van der Waals surface area contributed by atoms with E-state index in [1.165, 1.54) is 25.3 Å². The summed E-state index contributed by atoms with van der Waals surface area (Å²) in [5.74, 6) is -0.569. The number of sulfonamides is 1. The van der Waals surface area contributed by atoms with E-state index < -0.39 is 16.0 Å². The van der Waals surface area contributed by atoms with E-state index in [0.717, 1.165) is 0 Å². The maximum absolute atomic E-state index is 12.3. The molecule has 1 aliphatic carbocycles.